The highest BCUT2D eigenvalue weighted by molar-refractivity contribution is 6.29. The van der Waals surface area contributed by atoms with Crippen molar-refractivity contribution in [3.63, 3.8) is 0 Å². The Balaban J connectivity index is 4.36. The molecule has 0 aromatic carbocycles. The van der Waals surface area contributed by atoms with Crippen LogP contribution in [0.3, 0.4) is 0 Å². The zero-order chi connectivity index (χ0) is 10.3. The summed E-state index contributed by atoms with van der Waals surface area (Å²) in [6.07, 6.45) is 2.03. The summed E-state index contributed by atoms with van der Waals surface area (Å²) in [6.45, 7) is 3.81. The third-order valence-electron chi connectivity index (χ3n) is 1.36. The average molecular weight is 202 g/mol. The van der Waals surface area contributed by atoms with Gasteiger partial charge in [-0.15, -0.1) is 0 Å². The third kappa shape index (κ3) is 4.54. The van der Waals surface area contributed by atoms with E-state index in [0.29, 0.717) is 11.5 Å². The Hall–Kier alpha value is -1.01. The maximum atomic E-state index is 11.1. The van der Waals surface area contributed by atoms with Crippen LogP contribution in [0, 0.1) is 17.2 Å². The molecule has 1 atom stereocenters. The SMILES string of the molecule is CCOC(=O)C(C#N)/C=C(/Cl)CC. The summed E-state index contributed by atoms with van der Waals surface area (Å²) in [4.78, 5) is 11.1. The number of halogens is 1. The fraction of sp³-hybridized carbons (Fsp3) is 0.556. The van der Waals surface area contributed by atoms with Gasteiger partial charge in [0.25, 0.3) is 0 Å². The van der Waals surface area contributed by atoms with Crippen LogP contribution in [0.1, 0.15) is 20.3 Å². The Morgan fingerprint density at radius 2 is 2.31 bits per heavy atom. The van der Waals surface area contributed by atoms with Crippen LogP contribution >= 0.6 is 11.6 Å². The van der Waals surface area contributed by atoms with Crippen LogP contribution < -0.4 is 0 Å². The highest BCUT2D eigenvalue weighted by Gasteiger charge is 2.16. The second-order valence-electron chi connectivity index (χ2n) is 2.33. The maximum absolute atomic E-state index is 11.1. The number of nitrogens with zero attached hydrogens (tertiary/aromatic N) is 1. The standard InChI is InChI=1S/C9H12ClNO2/c1-3-8(10)5-7(6-11)9(12)13-4-2/h5,7H,3-4H2,1-2H3/b8-5+. The van der Waals surface area contributed by atoms with E-state index < -0.39 is 11.9 Å². The summed E-state index contributed by atoms with van der Waals surface area (Å²) in [6, 6.07) is 1.82. The van der Waals surface area contributed by atoms with Gasteiger partial charge in [-0.3, -0.25) is 4.79 Å². The van der Waals surface area contributed by atoms with Gasteiger partial charge < -0.3 is 4.74 Å². The normalized spacial score (nSPS) is 13.2. The predicted octanol–water partition coefficient (Wildman–Crippen LogP) is 2.22. The first-order chi connectivity index (χ1) is 6.15. The molecule has 0 fully saturated rings. The van der Waals surface area contributed by atoms with Gasteiger partial charge >= 0.3 is 5.97 Å². The van der Waals surface area contributed by atoms with E-state index in [1.807, 2.05) is 13.0 Å². The molecule has 0 aromatic rings. The van der Waals surface area contributed by atoms with Gasteiger partial charge in [-0.2, -0.15) is 5.26 Å². The molecule has 0 rings (SSSR count). The topological polar surface area (TPSA) is 50.1 Å². The van der Waals surface area contributed by atoms with Crippen LogP contribution in [0.25, 0.3) is 0 Å². The van der Waals surface area contributed by atoms with Crippen molar-refractivity contribution in [2.75, 3.05) is 6.61 Å². The van der Waals surface area contributed by atoms with Crippen molar-refractivity contribution in [3.05, 3.63) is 11.1 Å². The third-order valence-corrected chi connectivity index (χ3v) is 1.76. The van der Waals surface area contributed by atoms with Crippen LogP contribution in [-0.4, -0.2) is 12.6 Å². The van der Waals surface area contributed by atoms with E-state index in [-0.39, 0.29) is 6.61 Å². The van der Waals surface area contributed by atoms with E-state index in [4.69, 9.17) is 16.9 Å². The van der Waals surface area contributed by atoms with Gasteiger partial charge in [0.2, 0.25) is 0 Å². The van der Waals surface area contributed by atoms with E-state index in [9.17, 15) is 4.79 Å². The lowest BCUT2D eigenvalue weighted by Crippen LogP contribution is -2.14. The van der Waals surface area contributed by atoms with Gasteiger partial charge in [0.1, 0.15) is 0 Å². The lowest BCUT2D eigenvalue weighted by atomic mass is 10.1. The van der Waals surface area contributed by atoms with Crippen molar-refractivity contribution in [2.45, 2.75) is 20.3 Å². The van der Waals surface area contributed by atoms with E-state index in [1.54, 1.807) is 6.92 Å². The molecule has 0 saturated carbocycles. The van der Waals surface area contributed by atoms with Crippen molar-refractivity contribution in [1.82, 2.24) is 0 Å². The quantitative estimate of drug-likeness (QED) is 0.656. The molecule has 0 bridgehead atoms. The first-order valence-corrected chi connectivity index (χ1v) is 4.45. The van der Waals surface area contributed by atoms with Crippen molar-refractivity contribution in [2.24, 2.45) is 5.92 Å². The van der Waals surface area contributed by atoms with Gasteiger partial charge in [0, 0.05) is 5.03 Å². The molecule has 0 aromatic heterocycles. The molecule has 0 heterocycles. The molecule has 13 heavy (non-hydrogen) atoms. The highest BCUT2D eigenvalue weighted by Crippen LogP contribution is 2.11. The number of carbonyl (C=O) groups excluding carboxylic acids is 1. The first kappa shape index (κ1) is 12.0. The number of hydrogen-bond donors (Lipinski definition) is 0. The van der Waals surface area contributed by atoms with Crippen LogP contribution in [-0.2, 0) is 9.53 Å². The van der Waals surface area contributed by atoms with Crippen molar-refractivity contribution in [3.8, 4) is 6.07 Å². The smallest absolute Gasteiger partial charge is 0.327 e. The van der Waals surface area contributed by atoms with E-state index in [2.05, 4.69) is 4.74 Å². The molecule has 0 aliphatic carbocycles. The molecule has 0 spiro atoms. The molecule has 0 N–H and O–H groups in total. The Morgan fingerprint density at radius 3 is 2.69 bits per heavy atom. The number of ether oxygens (including phenoxy) is 1. The Labute approximate surface area is 82.9 Å². The fourth-order valence-corrected chi connectivity index (χ4v) is 0.815. The van der Waals surface area contributed by atoms with Crippen LogP contribution in [0.4, 0.5) is 0 Å². The molecule has 0 aliphatic heterocycles. The average Bonchev–Trinajstić information content (AvgIpc) is 2.14. The van der Waals surface area contributed by atoms with E-state index >= 15 is 0 Å². The van der Waals surface area contributed by atoms with Gasteiger partial charge in [-0.05, 0) is 19.4 Å². The zero-order valence-electron chi connectivity index (χ0n) is 7.71. The molecule has 0 aliphatic rings. The zero-order valence-corrected chi connectivity index (χ0v) is 8.47. The molecular weight excluding hydrogens is 190 g/mol. The van der Waals surface area contributed by atoms with Gasteiger partial charge in [0.15, 0.2) is 5.92 Å². The molecular formula is C9H12ClNO2. The predicted molar refractivity (Wildman–Crippen MR) is 50.0 cm³/mol. The number of hydrogen-bond acceptors (Lipinski definition) is 3. The summed E-state index contributed by atoms with van der Waals surface area (Å²) in [5.74, 6) is -1.43. The second-order valence-corrected chi connectivity index (χ2v) is 2.81. The lowest BCUT2D eigenvalue weighted by molar-refractivity contribution is -0.144. The summed E-state index contributed by atoms with van der Waals surface area (Å²) < 4.78 is 4.68. The number of rotatable bonds is 4. The Bertz CT molecular complexity index is 242. The first-order valence-electron chi connectivity index (χ1n) is 4.08. The van der Waals surface area contributed by atoms with Crippen LogP contribution in [0.2, 0.25) is 0 Å². The fourth-order valence-electron chi connectivity index (χ4n) is 0.689. The van der Waals surface area contributed by atoms with E-state index in [1.165, 1.54) is 6.08 Å². The molecule has 0 amide bonds. The summed E-state index contributed by atoms with van der Waals surface area (Å²) in [7, 11) is 0. The lowest BCUT2D eigenvalue weighted by Gasteiger charge is -2.03. The van der Waals surface area contributed by atoms with Crippen molar-refractivity contribution < 1.29 is 9.53 Å². The number of allylic oxidation sites excluding steroid dienone is 1. The molecule has 0 radical (unpaired) electrons. The summed E-state index contributed by atoms with van der Waals surface area (Å²) in [5, 5.41) is 9.11. The van der Waals surface area contributed by atoms with Crippen LogP contribution in [0.5, 0.6) is 0 Å². The summed E-state index contributed by atoms with van der Waals surface area (Å²) >= 11 is 5.69. The molecule has 0 saturated heterocycles. The Kier molecular flexibility index (Phi) is 5.99. The molecule has 72 valence electrons. The molecule has 1 unspecified atom stereocenters. The number of esters is 1. The highest BCUT2D eigenvalue weighted by atomic mass is 35.5. The van der Waals surface area contributed by atoms with Crippen molar-refractivity contribution in [1.29, 1.82) is 5.26 Å². The second kappa shape index (κ2) is 6.50. The minimum Gasteiger partial charge on any atom is -0.465 e. The molecule has 4 heteroatoms. The van der Waals surface area contributed by atoms with E-state index in [0.717, 1.165) is 0 Å². The largest absolute Gasteiger partial charge is 0.465 e. The summed E-state index contributed by atoms with van der Waals surface area (Å²) in [5.41, 5.74) is 0. The number of carbonyl (C=O) groups is 1. The maximum Gasteiger partial charge on any atom is 0.327 e. The number of nitriles is 1. The van der Waals surface area contributed by atoms with Gasteiger partial charge in [0.05, 0.1) is 12.7 Å². The Morgan fingerprint density at radius 1 is 1.69 bits per heavy atom. The van der Waals surface area contributed by atoms with Gasteiger partial charge in [-0.25, -0.2) is 0 Å². The van der Waals surface area contributed by atoms with Crippen LogP contribution in [0.15, 0.2) is 11.1 Å². The monoisotopic (exact) mass is 201 g/mol. The minimum absolute atomic E-state index is 0.272. The van der Waals surface area contributed by atoms with Crippen molar-refractivity contribution >= 4 is 17.6 Å². The minimum atomic E-state index is -0.882. The van der Waals surface area contributed by atoms with Gasteiger partial charge in [-0.1, -0.05) is 18.5 Å². The molecule has 3 nitrogen and oxygen atoms in total.